The number of esters is 1. The van der Waals surface area contributed by atoms with Gasteiger partial charge in [-0.05, 0) is 19.1 Å². The molecule has 1 aromatic carbocycles. The number of ether oxygens (including phenoxy) is 1. The Balaban J connectivity index is 2.74. The van der Waals surface area contributed by atoms with Crippen molar-refractivity contribution in [1.82, 2.24) is 0 Å². The molecule has 0 bridgehead atoms. The van der Waals surface area contributed by atoms with Crippen molar-refractivity contribution >= 4 is 17.6 Å². The maximum atomic E-state index is 11.4. The van der Waals surface area contributed by atoms with Gasteiger partial charge in [0, 0.05) is 5.69 Å². The van der Waals surface area contributed by atoms with Crippen LogP contribution in [-0.4, -0.2) is 36.7 Å². The Kier molecular flexibility index (Phi) is 5.00. The zero-order valence-corrected chi connectivity index (χ0v) is 9.63. The lowest BCUT2D eigenvalue weighted by Gasteiger charge is -2.21. The minimum atomic E-state index is -0.988. The molecule has 0 aliphatic rings. The molecule has 1 aromatic rings. The second kappa shape index (κ2) is 6.52. The first kappa shape index (κ1) is 13.0. The van der Waals surface area contributed by atoms with Gasteiger partial charge in [0.05, 0.1) is 6.61 Å². The molecule has 0 atom stereocenters. The van der Waals surface area contributed by atoms with Crippen LogP contribution >= 0.6 is 0 Å². The number of rotatable bonds is 6. The fourth-order valence-corrected chi connectivity index (χ4v) is 1.40. The van der Waals surface area contributed by atoms with E-state index in [1.807, 2.05) is 6.07 Å². The number of benzene rings is 1. The van der Waals surface area contributed by atoms with Gasteiger partial charge in [-0.1, -0.05) is 18.2 Å². The number of carboxylic acids is 1. The zero-order chi connectivity index (χ0) is 12.7. The van der Waals surface area contributed by atoms with Gasteiger partial charge in [-0.15, -0.1) is 0 Å². The Hall–Kier alpha value is -2.04. The van der Waals surface area contributed by atoms with Crippen molar-refractivity contribution in [2.75, 3.05) is 24.6 Å². The standard InChI is InChI=1S/C12H15NO4/c1-2-17-12(16)9-13(8-11(14)15)10-6-4-3-5-7-10/h3-7H,2,8-9H2,1H3,(H,14,15). The topological polar surface area (TPSA) is 66.8 Å². The van der Waals surface area contributed by atoms with E-state index in [1.165, 1.54) is 4.90 Å². The van der Waals surface area contributed by atoms with Gasteiger partial charge >= 0.3 is 11.9 Å². The van der Waals surface area contributed by atoms with E-state index in [2.05, 4.69) is 0 Å². The van der Waals surface area contributed by atoms with Crippen LogP contribution in [-0.2, 0) is 14.3 Å². The summed E-state index contributed by atoms with van der Waals surface area (Å²) in [6.07, 6.45) is 0. The van der Waals surface area contributed by atoms with E-state index >= 15 is 0 Å². The smallest absolute Gasteiger partial charge is 0.325 e. The summed E-state index contributed by atoms with van der Waals surface area (Å²) in [6.45, 7) is 1.70. The first-order chi connectivity index (χ1) is 8.13. The number of nitrogens with zero attached hydrogens (tertiary/aromatic N) is 1. The lowest BCUT2D eigenvalue weighted by atomic mass is 10.3. The molecule has 5 nitrogen and oxygen atoms in total. The molecule has 5 heteroatoms. The molecule has 0 fully saturated rings. The molecule has 92 valence electrons. The van der Waals surface area contributed by atoms with Gasteiger partial charge in [0.1, 0.15) is 13.1 Å². The van der Waals surface area contributed by atoms with Crippen molar-refractivity contribution in [3.63, 3.8) is 0 Å². The number of aliphatic carboxylic acids is 1. The third-order valence-electron chi connectivity index (χ3n) is 2.07. The van der Waals surface area contributed by atoms with Crippen molar-refractivity contribution < 1.29 is 19.4 Å². The first-order valence-corrected chi connectivity index (χ1v) is 5.31. The zero-order valence-electron chi connectivity index (χ0n) is 9.63. The largest absolute Gasteiger partial charge is 0.480 e. The summed E-state index contributed by atoms with van der Waals surface area (Å²) in [5.41, 5.74) is 0.683. The molecule has 0 aliphatic carbocycles. The van der Waals surface area contributed by atoms with Crippen LogP contribution in [0.1, 0.15) is 6.92 Å². The number of carbonyl (C=O) groups excluding carboxylic acids is 1. The van der Waals surface area contributed by atoms with E-state index in [4.69, 9.17) is 9.84 Å². The Bertz CT molecular complexity index is 377. The Morgan fingerprint density at radius 2 is 1.88 bits per heavy atom. The lowest BCUT2D eigenvalue weighted by molar-refractivity contribution is -0.141. The normalized spacial score (nSPS) is 9.71. The maximum absolute atomic E-state index is 11.4. The van der Waals surface area contributed by atoms with Gasteiger partial charge in [-0.2, -0.15) is 0 Å². The Morgan fingerprint density at radius 3 is 2.41 bits per heavy atom. The molecule has 0 amide bonds. The van der Waals surface area contributed by atoms with E-state index in [0.29, 0.717) is 5.69 Å². The van der Waals surface area contributed by atoms with Crippen molar-refractivity contribution in [1.29, 1.82) is 0 Å². The summed E-state index contributed by atoms with van der Waals surface area (Å²) in [4.78, 5) is 23.5. The quantitative estimate of drug-likeness (QED) is 0.751. The number of carbonyl (C=O) groups is 2. The van der Waals surface area contributed by atoms with Gasteiger partial charge in [-0.25, -0.2) is 0 Å². The average Bonchev–Trinajstić information content (AvgIpc) is 2.29. The van der Waals surface area contributed by atoms with E-state index in [1.54, 1.807) is 31.2 Å². The minimum absolute atomic E-state index is 0.0653. The fraction of sp³-hybridized carbons (Fsp3) is 0.333. The van der Waals surface area contributed by atoms with Gasteiger partial charge in [0.25, 0.3) is 0 Å². The second-order valence-corrected chi connectivity index (χ2v) is 3.39. The van der Waals surface area contributed by atoms with Crippen molar-refractivity contribution in [3.05, 3.63) is 30.3 Å². The second-order valence-electron chi connectivity index (χ2n) is 3.39. The van der Waals surface area contributed by atoms with Crippen LogP contribution in [0.4, 0.5) is 5.69 Å². The molecule has 0 aliphatic heterocycles. The summed E-state index contributed by atoms with van der Waals surface area (Å²) in [5.74, 6) is -1.42. The molecule has 1 rings (SSSR count). The van der Waals surface area contributed by atoms with E-state index < -0.39 is 11.9 Å². The Morgan fingerprint density at radius 1 is 1.24 bits per heavy atom. The predicted octanol–water partition coefficient (Wildman–Crippen LogP) is 1.14. The third-order valence-corrected chi connectivity index (χ3v) is 2.07. The fourth-order valence-electron chi connectivity index (χ4n) is 1.40. The van der Waals surface area contributed by atoms with Crippen LogP contribution in [0.15, 0.2) is 30.3 Å². The first-order valence-electron chi connectivity index (χ1n) is 5.31. The molecule has 0 radical (unpaired) electrons. The highest BCUT2D eigenvalue weighted by molar-refractivity contribution is 5.80. The molecule has 0 spiro atoms. The van der Waals surface area contributed by atoms with Crippen molar-refractivity contribution in [3.8, 4) is 0 Å². The lowest BCUT2D eigenvalue weighted by Crippen LogP contribution is -2.35. The molecule has 0 saturated heterocycles. The molecule has 17 heavy (non-hydrogen) atoms. The molecule has 1 N–H and O–H groups in total. The predicted molar refractivity (Wildman–Crippen MR) is 62.9 cm³/mol. The van der Waals surface area contributed by atoms with Crippen molar-refractivity contribution in [2.24, 2.45) is 0 Å². The highest BCUT2D eigenvalue weighted by atomic mass is 16.5. The third kappa shape index (κ3) is 4.55. The molecule has 0 heterocycles. The highest BCUT2D eigenvalue weighted by Gasteiger charge is 2.14. The van der Waals surface area contributed by atoms with Gasteiger partial charge in [0.2, 0.25) is 0 Å². The highest BCUT2D eigenvalue weighted by Crippen LogP contribution is 2.12. The molecular formula is C12H15NO4. The van der Waals surface area contributed by atoms with Gasteiger partial charge < -0.3 is 14.7 Å². The van der Waals surface area contributed by atoms with Crippen LogP contribution in [0.2, 0.25) is 0 Å². The minimum Gasteiger partial charge on any atom is -0.480 e. The summed E-state index contributed by atoms with van der Waals surface area (Å²) in [5, 5.41) is 8.79. The number of carboxylic acid groups (broad SMARTS) is 1. The molecule has 0 unspecified atom stereocenters. The van der Waals surface area contributed by atoms with E-state index in [-0.39, 0.29) is 19.7 Å². The van der Waals surface area contributed by atoms with Crippen molar-refractivity contribution in [2.45, 2.75) is 6.92 Å². The van der Waals surface area contributed by atoms with E-state index in [9.17, 15) is 9.59 Å². The number of hydrogen-bond acceptors (Lipinski definition) is 4. The molecule has 0 aromatic heterocycles. The number of para-hydroxylation sites is 1. The van der Waals surface area contributed by atoms with Crippen LogP contribution < -0.4 is 4.90 Å². The SMILES string of the molecule is CCOC(=O)CN(CC(=O)O)c1ccccc1. The number of hydrogen-bond donors (Lipinski definition) is 1. The summed E-state index contributed by atoms with van der Waals surface area (Å²) < 4.78 is 4.80. The van der Waals surface area contributed by atoms with E-state index in [0.717, 1.165) is 0 Å². The van der Waals surface area contributed by atoms with Crippen LogP contribution in [0, 0.1) is 0 Å². The Labute approximate surface area is 99.6 Å². The van der Waals surface area contributed by atoms with Gasteiger partial charge in [-0.3, -0.25) is 9.59 Å². The van der Waals surface area contributed by atoms with Gasteiger partial charge in [0.15, 0.2) is 0 Å². The summed E-state index contributed by atoms with van der Waals surface area (Å²) >= 11 is 0. The van der Waals surface area contributed by atoms with Crippen LogP contribution in [0.3, 0.4) is 0 Å². The average molecular weight is 237 g/mol. The molecular weight excluding hydrogens is 222 g/mol. The monoisotopic (exact) mass is 237 g/mol. The van der Waals surface area contributed by atoms with Crippen LogP contribution in [0.25, 0.3) is 0 Å². The molecule has 0 saturated carbocycles. The van der Waals surface area contributed by atoms with Crippen LogP contribution in [0.5, 0.6) is 0 Å². The summed E-state index contributed by atoms with van der Waals surface area (Å²) in [6, 6.07) is 8.90. The maximum Gasteiger partial charge on any atom is 0.325 e. The number of anilines is 1. The summed E-state index contributed by atoms with van der Waals surface area (Å²) in [7, 11) is 0.